The van der Waals surface area contributed by atoms with Crippen molar-refractivity contribution in [2.45, 2.75) is 6.92 Å². The van der Waals surface area contributed by atoms with Crippen LogP contribution in [0.15, 0.2) is 73.1 Å². The largest absolute Gasteiger partial charge is 0.465 e. The first-order valence-electron chi connectivity index (χ1n) is 9.32. The minimum Gasteiger partial charge on any atom is -0.465 e. The zero-order valence-electron chi connectivity index (χ0n) is 16.6. The molecule has 2 aromatic heterocycles. The third-order valence-electron chi connectivity index (χ3n) is 4.98. The molecule has 0 bridgehead atoms. The molecule has 0 saturated carbocycles. The summed E-state index contributed by atoms with van der Waals surface area (Å²) >= 11 is 0. The molecule has 5 nitrogen and oxygen atoms in total. The van der Waals surface area contributed by atoms with Gasteiger partial charge in [-0.25, -0.2) is 9.78 Å². The Morgan fingerprint density at radius 2 is 1.69 bits per heavy atom. The maximum Gasteiger partial charge on any atom is 0.337 e. The molecule has 0 radical (unpaired) electrons. The maximum absolute atomic E-state index is 11.9. The summed E-state index contributed by atoms with van der Waals surface area (Å²) in [6, 6.07) is 19.6. The lowest BCUT2D eigenvalue weighted by atomic mass is 10.0. The van der Waals surface area contributed by atoms with Crippen LogP contribution in [0.3, 0.4) is 0 Å². The summed E-state index contributed by atoms with van der Waals surface area (Å²) in [5, 5.41) is 0. The molecule has 5 heteroatoms. The number of aromatic nitrogens is 3. The van der Waals surface area contributed by atoms with E-state index in [1.165, 1.54) is 7.11 Å². The second kappa shape index (κ2) is 7.72. The molecule has 0 saturated heterocycles. The van der Waals surface area contributed by atoms with Gasteiger partial charge >= 0.3 is 5.97 Å². The van der Waals surface area contributed by atoms with Gasteiger partial charge in [-0.05, 0) is 36.8 Å². The van der Waals surface area contributed by atoms with Crippen molar-refractivity contribution in [1.29, 1.82) is 0 Å². The van der Waals surface area contributed by atoms with Crippen molar-refractivity contribution in [2.75, 3.05) is 7.11 Å². The lowest BCUT2D eigenvalue weighted by Gasteiger charge is -2.10. The Morgan fingerprint density at radius 3 is 2.34 bits per heavy atom. The van der Waals surface area contributed by atoms with Gasteiger partial charge in [0.05, 0.1) is 24.1 Å². The van der Waals surface area contributed by atoms with Crippen molar-refractivity contribution in [3.05, 3.63) is 84.2 Å². The van der Waals surface area contributed by atoms with E-state index in [4.69, 9.17) is 9.72 Å². The van der Waals surface area contributed by atoms with E-state index in [1.54, 1.807) is 18.5 Å². The van der Waals surface area contributed by atoms with Gasteiger partial charge in [-0.2, -0.15) is 0 Å². The first-order chi connectivity index (χ1) is 14.1. The summed E-state index contributed by atoms with van der Waals surface area (Å²) in [4.78, 5) is 21.0. The summed E-state index contributed by atoms with van der Waals surface area (Å²) < 4.78 is 6.93. The number of rotatable bonds is 4. The van der Waals surface area contributed by atoms with E-state index in [1.807, 2.05) is 56.4 Å². The van der Waals surface area contributed by atoms with Crippen molar-refractivity contribution < 1.29 is 9.53 Å². The van der Waals surface area contributed by atoms with Gasteiger partial charge < -0.3 is 9.30 Å². The summed E-state index contributed by atoms with van der Waals surface area (Å²) in [6.07, 6.45) is 3.57. The van der Waals surface area contributed by atoms with Crippen molar-refractivity contribution in [1.82, 2.24) is 14.5 Å². The molecule has 0 unspecified atom stereocenters. The average Bonchev–Trinajstić information content (AvgIpc) is 3.11. The van der Waals surface area contributed by atoms with Gasteiger partial charge in [-0.15, -0.1) is 0 Å². The van der Waals surface area contributed by atoms with Crippen molar-refractivity contribution in [3.63, 3.8) is 0 Å². The Balaban J connectivity index is 1.92. The number of hydrogen-bond acceptors (Lipinski definition) is 4. The Morgan fingerprint density at radius 1 is 0.966 bits per heavy atom. The zero-order valence-corrected chi connectivity index (χ0v) is 16.6. The maximum atomic E-state index is 11.9. The van der Waals surface area contributed by atoms with Gasteiger partial charge in [0.25, 0.3) is 0 Å². The third-order valence-corrected chi connectivity index (χ3v) is 4.98. The fraction of sp³-hybridized carbons (Fsp3) is 0.125. The van der Waals surface area contributed by atoms with Crippen LogP contribution in [0.25, 0.3) is 33.9 Å². The third kappa shape index (κ3) is 3.43. The van der Waals surface area contributed by atoms with Gasteiger partial charge in [0.1, 0.15) is 5.82 Å². The molecule has 4 aromatic rings. The molecule has 0 aliphatic heterocycles. The average molecular weight is 383 g/mol. The number of hydrogen-bond donors (Lipinski definition) is 0. The summed E-state index contributed by atoms with van der Waals surface area (Å²) in [6.45, 7) is 1.98. The highest BCUT2D eigenvalue weighted by molar-refractivity contribution is 5.90. The van der Waals surface area contributed by atoms with Crippen molar-refractivity contribution in [2.24, 2.45) is 7.05 Å². The van der Waals surface area contributed by atoms with Crippen molar-refractivity contribution >= 4 is 5.97 Å². The molecule has 0 amide bonds. The van der Waals surface area contributed by atoms with Crippen molar-refractivity contribution in [3.8, 4) is 33.9 Å². The predicted molar refractivity (Wildman–Crippen MR) is 113 cm³/mol. The second-order valence-electron chi connectivity index (χ2n) is 6.81. The van der Waals surface area contributed by atoms with Gasteiger partial charge in [-0.3, -0.25) is 4.98 Å². The van der Waals surface area contributed by atoms with Crippen LogP contribution in [0.5, 0.6) is 0 Å². The number of benzene rings is 2. The number of imidazole rings is 1. The minimum atomic E-state index is -0.345. The Kier molecular flexibility index (Phi) is 4.96. The molecule has 0 atom stereocenters. The van der Waals surface area contributed by atoms with Crippen LogP contribution < -0.4 is 0 Å². The quantitative estimate of drug-likeness (QED) is 0.470. The first-order valence-corrected chi connectivity index (χ1v) is 9.32. The molecule has 0 aliphatic rings. The number of esters is 1. The number of aryl methyl sites for hydroxylation is 1. The van der Waals surface area contributed by atoms with Gasteiger partial charge in [-0.1, -0.05) is 36.4 Å². The van der Waals surface area contributed by atoms with Crippen LogP contribution >= 0.6 is 0 Å². The minimum absolute atomic E-state index is 0.345. The fourth-order valence-electron chi connectivity index (χ4n) is 3.54. The van der Waals surface area contributed by atoms with Crippen LogP contribution in [-0.4, -0.2) is 27.6 Å². The molecule has 4 rings (SSSR count). The molecule has 0 fully saturated rings. The Hall–Kier alpha value is -3.73. The predicted octanol–water partition coefficient (Wildman–Crippen LogP) is 4.91. The highest BCUT2D eigenvalue weighted by Crippen LogP contribution is 2.36. The van der Waals surface area contributed by atoms with Gasteiger partial charge in [0.2, 0.25) is 0 Å². The summed E-state index contributed by atoms with van der Waals surface area (Å²) in [5.74, 6) is 0.492. The first kappa shape index (κ1) is 18.6. The standard InChI is InChI=1S/C24H21N3O2/c1-16-15-19(24(28)29-3)9-10-20(16)23-26-21(17-7-5-4-6-8-17)22(27(23)2)18-11-13-25-14-12-18/h4-15H,1-3H3. The Bertz CT molecular complexity index is 1170. The highest BCUT2D eigenvalue weighted by Gasteiger charge is 2.20. The SMILES string of the molecule is COC(=O)c1ccc(-c2nc(-c3ccccc3)c(-c3ccncc3)n2C)c(C)c1. The van der Waals surface area contributed by atoms with E-state index in [-0.39, 0.29) is 5.97 Å². The zero-order chi connectivity index (χ0) is 20.4. The topological polar surface area (TPSA) is 57.0 Å². The van der Waals surface area contributed by atoms with Crippen LogP contribution in [0.4, 0.5) is 0 Å². The van der Waals surface area contributed by atoms with Crippen LogP contribution in [-0.2, 0) is 11.8 Å². The van der Waals surface area contributed by atoms with E-state index in [9.17, 15) is 4.79 Å². The number of pyridine rings is 1. The van der Waals surface area contributed by atoms with Gasteiger partial charge in [0, 0.05) is 36.1 Å². The molecular weight excluding hydrogens is 362 g/mol. The monoisotopic (exact) mass is 383 g/mol. The molecule has 0 spiro atoms. The number of carbonyl (C=O) groups excluding carboxylic acids is 1. The van der Waals surface area contributed by atoms with Gasteiger partial charge in [0.15, 0.2) is 0 Å². The Labute approximate surface area is 169 Å². The van der Waals surface area contributed by atoms with Crippen LogP contribution in [0.2, 0.25) is 0 Å². The lowest BCUT2D eigenvalue weighted by molar-refractivity contribution is 0.0600. The fourth-order valence-corrected chi connectivity index (χ4v) is 3.54. The summed E-state index contributed by atoms with van der Waals surface area (Å²) in [5.41, 5.74) is 6.48. The van der Waals surface area contributed by atoms with E-state index in [0.29, 0.717) is 5.56 Å². The molecule has 0 N–H and O–H groups in total. The number of methoxy groups -OCH3 is 1. The number of nitrogens with zero attached hydrogens (tertiary/aromatic N) is 3. The molecule has 144 valence electrons. The second-order valence-corrected chi connectivity index (χ2v) is 6.81. The molecule has 29 heavy (non-hydrogen) atoms. The number of ether oxygens (including phenoxy) is 1. The van der Waals surface area contributed by atoms with E-state index >= 15 is 0 Å². The van der Waals surface area contributed by atoms with Crippen LogP contribution in [0.1, 0.15) is 15.9 Å². The highest BCUT2D eigenvalue weighted by atomic mass is 16.5. The van der Waals surface area contributed by atoms with Crippen LogP contribution in [0, 0.1) is 6.92 Å². The smallest absolute Gasteiger partial charge is 0.337 e. The molecule has 2 heterocycles. The molecule has 0 aliphatic carbocycles. The lowest BCUT2D eigenvalue weighted by Crippen LogP contribution is -2.03. The molecular formula is C24H21N3O2. The van der Waals surface area contributed by atoms with E-state index in [2.05, 4.69) is 21.7 Å². The summed E-state index contributed by atoms with van der Waals surface area (Å²) in [7, 11) is 3.40. The number of carbonyl (C=O) groups is 1. The van der Waals surface area contributed by atoms with E-state index in [0.717, 1.165) is 39.5 Å². The van der Waals surface area contributed by atoms with E-state index < -0.39 is 0 Å². The molecule has 2 aromatic carbocycles. The normalized spacial score (nSPS) is 10.7.